The number of alkyl halides is 1. The van der Waals surface area contributed by atoms with Crippen molar-refractivity contribution in [1.29, 1.82) is 0 Å². The van der Waals surface area contributed by atoms with E-state index >= 15 is 0 Å². The van der Waals surface area contributed by atoms with E-state index in [-0.39, 0.29) is 5.97 Å². The summed E-state index contributed by atoms with van der Waals surface area (Å²) >= 11 is 6.28. The van der Waals surface area contributed by atoms with Crippen LogP contribution in [0.5, 0.6) is 0 Å². The Hall–Kier alpha value is -1.06. The van der Waals surface area contributed by atoms with Crippen molar-refractivity contribution in [2.45, 2.75) is 24.9 Å². The highest BCUT2D eigenvalue weighted by Gasteiger charge is 2.43. The van der Waals surface area contributed by atoms with Gasteiger partial charge in [-0.05, 0) is 12.5 Å². The molecule has 0 radical (unpaired) electrons. The molecule has 16 heavy (non-hydrogen) atoms. The van der Waals surface area contributed by atoms with Crippen LogP contribution in [-0.4, -0.2) is 12.5 Å². The SMILES string of the molecule is CCCCNC1(Cl)OC(=O)c2ccccc21. The van der Waals surface area contributed by atoms with Gasteiger partial charge in [0.15, 0.2) is 0 Å². The fourth-order valence-electron chi connectivity index (χ4n) is 1.74. The fraction of sp³-hybridized carbons (Fsp3) is 0.417. The maximum absolute atomic E-state index is 11.6. The molecule has 1 unspecified atom stereocenters. The molecule has 3 nitrogen and oxygen atoms in total. The maximum atomic E-state index is 11.6. The molecular formula is C12H14ClNO2. The quantitative estimate of drug-likeness (QED) is 0.380. The Kier molecular flexibility index (Phi) is 3.17. The van der Waals surface area contributed by atoms with Gasteiger partial charge in [0.2, 0.25) is 0 Å². The molecule has 0 bridgehead atoms. The molecule has 1 heterocycles. The lowest BCUT2D eigenvalue weighted by Gasteiger charge is -2.22. The molecule has 0 saturated carbocycles. The van der Waals surface area contributed by atoms with Crippen LogP contribution in [0, 0.1) is 0 Å². The minimum absolute atomic E-state index is 0.366. The Morgan fingerprint density at radius 2 is 2.19 bits per heavy atom. The zero-order valence-corrected chi connectivity index (χ0v) is 9.88. The summed E-state index contributed by atoms with van der Waals surface area (Å²) in [6.07, 6.45) is 2.06. The third-order valence-corrected chi connectivity index (χ3v) is 3.02. The van der Waals surface area contributed by atoms with Crippen molar-refractivity contribution in [2.24, 2.45) is 0 Å². The second-order valence-corrected chi connectivity index (χ2v) is 4.34. The van der Waals surface area contributed by atoms with Crippen molar-refractivity contribution in [3.63, 3.8) is 0 Å². The van der Waals surface area contributed by atoms with Crippen LogP contribution in [0.25, 0.3) is 0 Å². The second kappa shape index (κ2) is 4.44. The lowest BCUT2D eigenvalue weighted by atomic mass is 10.1. The summed E-state index contributed by atoms with van der Waals surface area (Å²) in [5.74, 6) is -0.366. The highest BCUT2D eigenvalue weighted by atomic mass is 35.5. The largest absolute Gasteiger partial charge is 0.421 e. The van der Waals surface area contributed by atoms with Crippen molar-refractivity contribution in [3.8, 4) is 0 Å². The van der Waals surface area contributed by atoms with Crippen LogP contribution < -0.4 is 5.32 Å². The van der Waals surface area contributed by atoms with Gasteiger partial charge >= 0.3 is 5.97 Å². The van der Waals surface area contributed by atoms with Crippen LogP contribution in [0.15, 0.2) is 24.3 Å². The predicted octanol–water partition coefficient (Wildman–Crippen LogP) is 2.60. The van der Waals surface area contributed by atoms with Gasteiger partial charge < -0.3 is 4.74 Å². The molecule has 1 atom stereocenters. The van der Waals surface area contributed by atoms with E-state index in [4.69, 9.17) is 16.3 Å². The van der Waals surface area contributed by atoms with Gasteiger partial charge in [0.1, 0.15) is 0 Å². The maximum Gasteiger partial charge on any atom is 0.341 e. The van der Waals surface area contributed by atoms with Crippen LogP contribution in [0.1, 0.15) is 35.7 Å². The van der Waals surface area contributed by atoms with Gasteiger partial charge in [-0.3, -0.25) is 5.32 Å². The molecule has 1 aliphatic heterocycles. The summed E-state index contributed by atoms with van der Waals surface area (Å²) in [5.41, 5.74) is 1.25. The highest BCUT2D eigenvalue weighted by molar-refractivity contribution is 6.25. The number of benzene rings is 1. The third-order valence-electron chi connectivity index (χ3n) is 2.61. The minimum atomic E-state index is -1.18. The monoisotopic (exact) mass is 239 g/mol. The van der Waals surface area contributed by atoms with Gasteiger partial charge in [-0.25, -0.2) is 4.79 Å². The Morgan fingerprint density at radius 3 is 2.94 bits per heavy atom. The molecule has 0 spiro atoms. The molecule has 86 valence electrons. The van der Waals surface area contributed by atoms with E-state index in [2.05, 4.69) is 12.2 Å². The molecule has 1 aliphatic rings. The molecule has 0 aliphatic carbocycles. The van der Waals surface area contributed by atoms with Gasteiger partial charge in [-0.2, -0.15) is 0 Å². The standard InChI is InChI=1S/C12H14ClNO2/c1-2-3-8-14-12(13)10-7-5-4-6-9(10)11(15)16-12/h4-7,14H,2-3,8H2,1H3. The van der Waals surface area contributed by atoms with E-state index in [1.165, 1.54) is 0 Å². The number of hydrogen-bond donors (Lipinski definition) is 1. The van der Waals surface area contributed by atoms with Crippen molar-refractivity contribution < 1.29 is 9.53 Å². The minimum Gasteiger partial charge on any atom is -0.421 e. The number of cyclic esters (lactones) is 1. The number of hydrogen-bond acceptors (Lipinski definition) is 3. The Morgan fingerprint density at radius 1 is 1.44 bits per heavy atom. The topological polar surface area (TPSA) is 38.3 Å². The molecular weight excluding hydrogens is 226 g/mol. The van der Waals surface area contributed by atoms with Gasteiger partial charge in [0, 0.05) is 12.1 Å². The zero-order valence-electron chi connectivity index (χ0n) is 9.13. The van der Waals surface area contributed by atoms with Crippen LogP contribution in [0.4, 0.5) is 0 Å². The number of nitrogens with one attached hydrogen (secondary N) is 1. The van der Waals surface area contributed by atoms with E-state index in [0.29, 0.717) is 11.1 Å². The highest BCUT2D eigenvalue weighted by Crippen LogP contribution is 2.37. The zero-order chi connectivity index (χ0) is 11.6. The lowest BCUT2D eigenvalue weighted by molar-refractivity contribution is 0.0151. The normalized spacial score (nSPS) is 23.0. The molecule has 0 fully saturated rings. The van der Waals surface area contributed by atoms with Gasteiger partial charge in [-0.1, -0.05) is 43.1 Å². The summed E-state index contributed by atoms with van der Waals surface area (Å²) in [6.45, 7) is 2.82. The van der Waals surface area contributed by atoms with Crippen LogP contribution >= 0.6 is 11.6 Å². The van der Waals surface area contributed by atoms with Crippen molar-refractivity contribution in [1.82, 2.24) is 5.32 Å². The number of carbonyl (C=O) groups excluding carboxylic acids is 1. The van der Waals surface area contributed by atoms with Crippen molar-refractivity contribution >= 4 is 17.6 Å². The Balaban J connectivity index is 2.21. The molecule has 2 rings (SSSR count). The van der Waals surface area contributed by atoms with Crippen molar-refractivity contribution in [2.75, 3.05) is 6.54 Å². The van der Waals surface area contributed by atoms with Gasteiger partial charge in [0.25, 0.3) is 5.18 Å². The number of ether oxygens (including phenoxy) is 1. The number of halogens is 1. The first-order valence-corrected chi connectivity index (χ1v) is 5.82. The first-order chi connectivity index (χ1) is 7.67. The van der Waals surface area contributed by atoms with Crippen LogP contribution in [0.2, 0.25) is 0 Å². The second-order valence-electron chi connectivity index (χ2n) is 3.81. The van der Waals surface area contributed by atoms with E-state index in [1.807, 2.05) is 12.1 Å². The number of rotatable bonds is 4. The first kappa shape index (κ1) is 11.4. The predicted molar refractivity (Wildman–Crippen MR) is 62.3 cm³/mol. The number of unbranched alkanes of at least 4 members (excludes halogenated alkanes) is 1. The number of fused-ring (bicyclic) bond motifs is 1. The summed E-state index contributed by atoms with van der Waals surface area (Å²) in [5, 5.41) is 1.89. The van der Waals surface area contributed by atoms with Crippen LogP contribution in [-0.2, 0) is 9.92 Å². The fourth-order valence-corrected chi connectivity index (χ4v) is 2.07. The molecule has 1 aromatic rings. The van der Waals surface area contributed by atoms with Crippen molar-refractivity contribution in [3.05, 3.63) is 35.4 Å². The summed E-state index contributed by atoms with van der Waals surface area (Å²) < 4.78 is 5.18. The lowest BCUT2D eigenvalue weighted by Crippen LogP contribution is -2.37. The van der Waals surface area contributed by atoms with E-state index in [9.17, 15) is 4.79 Å². The number of carbonyl (C=O) groups is 1. The van der Waals surface area contributed by atoms with Crippen LogP contribution in [0.3, 0.4) is 0 Å². The average Bonchev–Trinajstić information content (AvgIpc) is 2.53. The molecule has 0 amide bonds. The molecule has 0 saturated heterocycles. The molecule has 4 heteroatoms. The van der Waals surface area contributed by atoms with Gasteiger partial charge in [0.05, 0.1) is 5.56 Å². The molecule has 1 aromatic carbocycles. The summed E-state index contributed by atoms with van der Waals surface area (Å²) in [6, 6.07) is 7.18. The van der Waals surface area contributed by atoms with E-state index in [0.717, 1.165) is 19.4 Å². The summed E-state index contributed by atoms with van der Waals surface area (Å²) in [7, 11) is 0. The first-order valence-electron chi connectivity index (χ1n) is 5.44. The smallest absolute Gasteiger partial charge is 0.341 e. The summed E-state index contributed by atoms with van der Waals surface area (Å²) in [4.78, 5) is 11.6. The third kappa shape index (κ3) is 1.93. The average molecular weight is 240 g/mol. The number of esters is 1. The van der Waals surface area contributed by atoms with E-state index in [1.54, 1.807) is 12.1 Å². The molecule has 1 N–H and O–H groups in total. The van der Waals surface area contributed by atoms with E-state index < -0.39 is 5.18 Å². The van der Waals surface area contributed by atoms with Gasteiger partial charge in [-0.15, -0.1) is 0 Å². The Labute approximate surface area is 99.7 Å². The Bertz CT molecular complexity index is 408. The molecule has 0 aromatic heterocycles.